The predicted octanol–water partition coefficient (Wildman–Crippen LogP) is 2.41. The Labute approximate surface area is 149 Å². The standard InChI is InChI=1S/2C3H7NO.2C3H6O2.4CH4/c2*1-3(5)4-2;2*1-3(4)5-2;;;;/h2*1-2H3,(H,4,5);2*1-2H3;4*1H4. The van der Waals surface area contributed by atoms with Gasteiger partial charge in [0.15, 0.2) is 0 Å². The summed E-state index contributed by atoms with van der Waals surface area (Å²) in [4.78, 5) is 38.6. The molecule has 0 spiro atoms. The normalized spacial score (nSPS) is 5.67. The van der Waals surface area contributed by atoms with Crippen LogP contribution in [0.15, 0.2) is 0 Å². The zero-order valence-corrected chi connectivity index (χ0v) is 13.4. The lowest BCUT2D eigenvalue weighted by molar-refractivity contribution is -0.138. The number of ether oxygens (including phenoxy) is 2. The molecule has 0 aromatic carbocycles. The first-order chi connectivity index (χ1) is 9.08. The summed E-state index contributed by atoms with van der Waals surface area (Å²) in [5, 5.41) is 4.78. The zero-order chi connectivity index (χ0) is 17.1. The Balaban J connectivity index is -0.0000000225. The van der Waals surface area contributed by atoms with E-state index in [2.05, 4.69) is 20.1 Å². The fourth-order valence-electron chi connectivity index (χ4n) is 0. The maximum Gasteiger partial charge on any atom is 0.302 e. The fraction of sp³-hybridized carbons (Fsp3) is 0.750. The molecule has 8 nitrogen and oxygen atoms in total. The van der Waals surface area contributed by atoms with Gasteiger partial charge in [-0.05, 0) is 0 Å². The smallest absolute Gasteiger partial charge is 0.302 e. The Bertz CT molecular complexity index is 226. The van der Waals surface area contributed by atoms with Crippen LogP contribution < -0.4 is 10.6 Å². The number of carbonyl (C=O) groups excluding carboxylic acids is 4. The molecule has 0 aliphatic carbocycles. The predicted molar refractivity (Wildman–Crippen MR) is 102 cm³/mol. The molecule has 0 aliphatic heterocycles. The molecule has 0 saturated heterocycles. The summed E-state index contributed by atoms with van der Waals surface area (Å²) in [6.07, 6.45) is 0. The number of amides is 2. The summed E-state index contributed by atoms with van der Waals surface area (Å²) in [6, 6.07) is 0. The van der Waals surface area contributed by atoms with Crippen molar-refractivity contribution in [2.24, 2.45) is 0 Å². The van der Waals surface area contributed by atoms with Gasteiger partial charge in [0, 0.05) is 41.8 Å². The lowest BCUT2D eigenvalue weighted by Crippen LogP contribution is -2.11. The summed E-state index contributed by atoms with van der Waals surface area (Å²) in [5.74, 6) is -0.481. The summed E-state index contributed by atoms with van der Waals surface area (Å²) < 4.78 is 8.22. The van der Waals surface area contributed by atoms with Gasteiger partial charge < -0.3 is 20.1 Å². The first-order valence-electron chi connectivity index (χ1n) is 5.54. The van der Waals surface area contributed by atoms with Crippen molar-refractivity contribution >= 4 is 23.8 Å². The van der Waals surface area contributed by atoms with E-state index in [9.17, 15) is 19.2 Å². The lowest BCUT2D eigenvalue weighted by atomic mass is 10.7. The SMILES string of the molecule is C.C.C.C.CNC(C)=O.CNC(C)=O.COC(C)=O.COC(C)=O. The van der Waals surface area contributed by atoms with Gasteiger partial charge in [-0.3, -0.25) is 19.2 Å². The number of nitrogens with one attached hydrogen (secondary N) is 2. The van der Waals surface area contributed by atoms with E-state index < -0.39 is 0 Å². The average molecular weight is 359 g/mol. The maximum atomic E-state index is 9.70. The molecule has 0 rings (SSSR count). The van der Waals surface area contributed by atoms with E-state index in [1.807, 2.05) is 0 Å². The first-order valence-corrected chi connectivity index (χ1v) is 5.54. The number of rotatable bonds is 0. The van der Waals surface area contributed by atoms with Crippen LogP contribution in [-0.4, -0.2) is 52.1 Å². The van der Waals surface area contributed by atoms with E-state index in [-0.39, 0.29) is 53.5 Å². The van der Waals surface area contributed by atoms with Crippen LogP contribution in [-0.2, 0) is 28.7 Å². The van der Waals surface area contributed by atoms with E-state index in [0.29, 0.717) is 0 Å². The topological polar surface area (TPSA) is 111 Å². The Hall–Kier alpha value is -2.12. The minimum absolute atomic E-state index is 0. The highest BCUT2D eigenvalue weighted by atomic mass is 16.5. The molecule has 152 valence electrons. The molecule has 8 heteroatoms. The maximum absolute atomic E-state index is 9.70. The second-order valence-corrected chi connectivity index (χ2v) is 3.00. The Morgan fingerprint density at radius 3 is 0.667 bits per heavy atom. The van der Waals surface area contributed by atoms with Crippen LogP contribution in [0.1, 0.15) is 57.4 Å². The Morgan fingerprint density at radius 1 is 0.583 bits per heavy atom. The number of methoxy groups -OCH3 is 2. The highest BCUT2D eigenvalue weighted by Gasteiger charge is 1.76. The summed E-state index contributed by atoms with van der Waals surface area (Å²) in [6.45, 7) is 5.67. The van der Waals surface area contributed by atoms with Crippen LogP contribution in [0.25, 0.3) is 0 Å². The average Bonchev–Trinajstić information content (AvgIpc) is 2.40. The fourth-order valence-corrected chi connectivity index (χ4v) is 0. The molecule has 0 saturated carbocycles. The van der Waals surface area contributed by atoms with Gasteiger partial charge in [0.05, 0.1) is 14.2 Å². The molecule has 0 unspecified atom stereocenters. The van der Waals surface area contributed by atoms with Gasteiger partial charge in [-0.2, -0.15) is 0 Å². The lowest BCUT2D eigenvalue weighted by Gasteiger charge is -1.80. The first kappa shape index (κ1) is 49.5. The van der Waals surface area contributed by atoms with Gasteiger partial charge in [-0.1, -0.05) is 29.7 Å². The number of esters is 2. The van der Waals surface area contributed by atoms with Crippen molar-refractivity contribution in [3.8, 4) is 0 Å². The highest BCUT2D eigenvalue weighted by Crippen LogP contribution is 1.60. The van der Waals surface area contributed by atoms with Crippen molar-refractivity contribution in [3.05, 3.63) is 0 Å². The summed E-state index contributed by atoms with van der Waals surface area (Å²) >= 11 is 0. The van der Waals surface area contributed by atoms with E-state index in [4.69, 9.17) is 0 Å². The van der Waals surface area contributed by atoms with Crippen LogP contribution in [0.5, 0.6) is 0 Å². The second-order valence-electron chi connectivity index (χ2n) is 3.00. The highest BCUT2D eigenvalue weighted by molar-refractivity contribution is 5.72. The van der Waals surface area contributed by atoms with Crippen LogP contribution >= 0.6 is 0 Å². The van der Waals surface area contributed by atoms with Crippen molar-refractivity contribution in [1.29, 1.82) is 0 Å². The van der Waals surface area contributed by atoms with Gasteiger partial charge in [-0.25, -0.2) is 0 Å². The van der Waals surface area contributed by atoms with Crippen molar-refractivity contribution in [1.82, 2.24) is 10.6 Å². The zero-order valence-electron chi connectivity index (χ0n) is 13.4. The third-order valence-electron chi connectivity index (χ3n) is 1.28. The monoisotopic (exact) mass is 358 g/mol. The van der Waals surface area contributed by atoms with Crippen LogP contribution in [0, 0.1) is 0 Å². The van der Waals surface area contributed by atoms with E-state index in [1.165, 1.54) is 41.9 Å². The minimum atomic E-state index is -0.245. The molecule has 0 aromatic heterocycles. The molecular weight excluding hydrogens is 316 g/mol. The van der Waals surface area contributed by atoms with Crippen LogP contribution in [0.2, 0.25) is 0 Å². The van der Waals surface area contributed by atoms with Crippen LogP contribution in [0.3, 0.4) is 0 Å². The molecule has 0 aliphatic rings. The molecule has 2 amide bonds. The van der Waals surface area contributed by atoms with Gasteiger partial charge in [-0.15, -0.1) is 0 Å². The molecular formula is C16H42N2O6. The van der Waals surface area contributed by atoms with Crippen molar-refractivity contribution in [2.75, 3.05) is 28.3 Å². The molecule has 0 heterocycles. The minimum Gasteiger partial charge on any atom is -0.469 e. The van der Waals surface area contributed by atoms with Gasteiger partial charge in [0.25, 0.3) is 0 Å². The molecule has 0 atom stereocenters. The van der Waals surface area contributed by atoms with E-state index in [0.717, 1.165) is 0 Å². The van der Waals surface area contributed by atoms with Gasteiger partial charge in [0.1, 0.15) is 0 Å². The molecule has 0 fully saturated rings. The molecule has 0 aromatic rings. The van der Waals surface area contributed by atoms with Gasteiger partial charge >= 0.3 is 11.9 Å². The van der Waals surface area contributed by atoms with Crippen molar-refractivity contribution < 1.29 is 28.7 Å². The number of hydrogen-bond donors (Lipinski definition) is 2. The Morgan fingerprint density at radius 2 is 0.667 bits per heavy atom. The second kappa shape index (κ2) is 42.8. The third-order valence-corrected chi connectivity index (χ3v) is 1.28. The quantitative estimate of drug-likeness (QED) is 0.643. The largest absolute Gasteiger partial charge is 0.469 e. The van der Waals surface area contributed by atoms with Crippen molar-refractivity contribution in [3.63, 3.8) is 0 Å². The summed E-state index contributed by atoms with van der Waals surface area (Å²) in [7, 11) is 5.90. The number of carbonyl (C=O) groups is 4. The molecule has 2 N–H and O–H groups in total. The van der Waals surface area contributed by atoms with Crippen LogP contribution in [0.4, 0.5) is 0 Å². The molecule has 0 bridgehead atoms. The van der Waals surface area contributed by atoms with Crippen molar-refractivity contribution in [2.45, 2.75) is 57.4 Å². The van der Waals surface area contributed by atoms with E-state index >= 15 is 0 Å². The van der Waals surface area contributed by atoms with Gasteiger partial charge in [0.2, 0.25) is 11.8 Å². The summed E-state index contributed by atoms with van der Waals surface area (Å²) in [5.41, 5.74) is 0. The molecule has 24 heavy (non-hydrogen) atoms. The Kier molecular flexibility index (Phi) is 88.4. The molecule has 0 radical (unpaired) electrons. The van der Waals surface area contributed by atoms with E-state index in [1.54, 1.807) is 14.1 Å². The third kappa shape index (κ3) is 205. The number of hydrogen-bond acceptors (Lipinski definition) is 6.